The SMILES string of the molecule is CC/C=C\C/C=C\C/C=C\C/C=C\C/C=C\C/C=C\C/C=C\CCCCCC(=O)OCC(COC(=O)CCCCCCCCC)OC(=O)CCCC/C=C\C/C=C\C/C=C\C/C=C\CC. The summed E-state index contributed by atoms with van der Waals surface area (Å²) in [5, 5.41) is 0. The summed E-state index contributed by atoms with van der Waals surface area (Å²) in [5.41, 5.74) is 0. The molecule has 364 valence electrons. The monoisotopic (exact) mass is 897 g/mol. The number of ether oxygens (including phenoxy) is 3. The Labute approximate surface area is 398 Å². The lowest BCUT2D eigenvalue weighted by molar-refractivity contribution is -0.167. The topological polar surface area (TPSA) is 78.9 Å². The van der Waals surface area contributed by atoms with Crippen molar-refractivity contribution >= 4 is 17.9 Å². The van der Waals surface area contributed by atoms with Crippen LogP contribution >= 0.6 is 0 Å². The molecule has 1 atom stereocenters. The lowest BCUT2D eigenvalue weighted by Crippen LogP contribution is -2.30. The maximum absolute atomic E-state index is 12.7. The van der Waals surface area contributed by atoms with Gasteiger partial charge in [-0.3, -0.25) is 14.4 Å². The summed E-state index contributed by atoms with van der Waals surface area (Å²) < 4.78 is 16.6. The molecule has 0 heterocycles. The van der Waals surface area contributed by atoms with Crippen molar-refractivity contribution in [1.82, 2.24) is 0 Å². The van der Waals surface area contributed by atoms with Crippen LogP contribution in [0.2, 0.25) is 0 Å². The first-order valence-electron chi connectivity index (χ1n) is 25.7. The average Bonchev–Trinajstić information content (AvgIpc) is 3.30. The highest BCUT2D eigenvalue weighted by molar-refractivity contribution is 5.71. The van der Waals surface area contributed by atoms with Crippen molar-refractivity contribution < 1.29 is 28.6 Å². The van der Waals surface area contributed by atoms with Crippen molar-refractivity contribution in [3.05, 3.63) is 134 Å². The van der Waals surface area contributed by atoms with Gasteiger partial charge < -0.3 is 14.2 Å². The van der Waals surface area contributed by atoms with E-state index in [9.17, 15) is 14.4 Å². The minimum atomic E-state index is -0.815. The molecule has 0 fully saturated rings. The van der Waals surface area contributed by atoms with E-state index in [0.29, 0.717) is 19.3 Å². The van der Waals surface area contributed by atoms with Crippen LogP contribution in [0.15, 0.2) is 134 Å². The Morgan fingerprint density at radius 3 is 0.969 bits per heavy atom. The molecule has 0 aromatic heterocycles. The van der Waals surface area contributed by atoms with E-state index in [-0.39, 0.29) is 37.5 Å². The molecule has 0 radical (unpaired) electrons. The van der Waals surface area contributed by atoms with Gasteiger partial charge >= 0.3 is 17.9 Å². The summed E-state index contributed by atoms with van der Waals surface area (Å²) in [6.07, 6.45) is 73.1. The summed E-state index contributed by atoms with van der Waals surface area (Å²) in [6, 6.07) is 0. The second kappa shape index (κ2) is 52.2. The second-order valence-corrected chi connectivity index (χ2v) is 16.3. The van der Waals surface area contributed by atoms with Gasteiger partial charge in [-0.25, -0.2) is 0 Å². The summed E-state index contributed by atoms with van der Waals surface area (Å²) in [7, 11) is 0. The first-order chi connectivity index (χ1) is 32.0. The zero-order valence-corrected chi connectivity index (χ0v) is 41.4. The molecule has 0 saturated carbocycles. The van der Waals surface area contributed by atoms with E-state index in [0.717, 1.165) is 128 Å². The fourth-order valence-electron chi connectivity index (χ4n) is 6.35. The molecule has 0 bridgehead atoms. The van der Waals surface area contributed by atoms with E-state index < -0.39 is 6.10 Å². The molecule has 0 aliphatic carbocycles. The molecule has 0 amide bonds. The Balaban J connectivity index is 4.38. The molecule has 0 aliphatic rings. The zero-order valence-electron chi connectivity index (χ0n) is 41.4. The smallest absolute Gasteiger partial charge is 0.306 e. The number of hydrogen-bond acceptors (Lipinski definition) is 6. The van der Waals surface area contributed by atoms with Crippen molar-refractivity contribution in [1.29, 1.82) is 0 Å². The number of unbranched alkanes of at least 4 members (excludes halogenated alkanes) is 11. The molecule has 0 saturated heterocycles. The zero-order chi connectivity index (χ0) is 47.2. The Hall–Kier alpha value is -4.45. The molecule has 0 aromatic rings. The van der Waals surface area contributed by atoms with Gasteiger partial charge in [-0.05, 0) is 116 Å². The molecular weight excluding hydrogens is 805 g/mol. The number of esters is 3. The number of carbonyl (C=O) groups excluding carboxylic acids is 3. The summed E-state index contributed by atoms with van der Waals surface area (Å²) >= 11 is 0. The van der Waals surface area contributed by atoms with Gasteiger partial charge in [-0.1, -0.05) is 199 Å². The average molecular weight is 897 g/mol. The van der Waals surface area contributed by atoms with E-state index in [4.69, 9.17) is 14.2 Å². The third kappa shape index (κ3) is 50.4. The first kappa shape index (κ1) is 60.5. The van der Waals surface area contributed by atoms with Gasteiger partial charge in [0, 0.05) is 19.3 Å². The highest BCUT2D eigenvalue weighted by atomic mass is 16.6. The number of rotatable bonds is 44. The van der Waals surface area contributed by atoms with Crippen LogP contribution in [0.5, 0.6) is 0 Å². The van der Waals surface area contributed by atoms with Crippen molar-refractivity contribution in [3.8, 4) is 0 Å². The Bertz CT molecular complexity index is 1450. The van der Waals surface area contributed by atoms with E-state index >= 15 is 0 Å². The molecular formula is C59H92O6. The molecule has 65 heavy (non-hydrogen) atoms. The van der Waals surface area contributed by atoms with Crippen LogP contribution in [0.25, 0.3) is 0 Å². The number of allylic oxidation sites excluding steroid dienone is 22. The lowest BCUT2D eigenvalue weighted by Gasteiger charge is -2.18. The van der Waals surface area contributed by atoms with Crippen LogP contribution in [-0.4, -0.2) is 37.2 Å². The summed E-state index contributed by atoms with van der Waals surface area (Å²) in [4.78, 5) is 37.8. The third-order valence-electron chi connectivity index (χ3n) is 10.2. The molecule has 6 heteroatoms. The van der Waals surface area contributed by atoms with E-state index in [1.54, 1.807) is 0 Å². The van der Waals surface area contributed by atoms with Crippen LogP contribution in [-0.2, 0) is 28.6 Å². The molecule has 0 aromatic carbocycles. The predicted octanol–water partition coefficient (Wildman–Crippen LogP) is 17.1. The molecule has 0 spiro atoms. The highest BCUT2D eigenvalue weighted by Gasteiger charge is 2.19. The van der Waals surface area contributed by atoms with Gasteiger partial charge in [0.2, 0.25) is 0 Å². The molecule has 0 aliphatic heterocycles. The molecule has 0 rings (SSSR count). The second-order valence-electron chi connectivity index (χ2n) is 16.3. The molecule has 1 unspecified atom stereocenters. The Morgan fingerprint density at radius 1 is 0.323 bits per heavy atom. The van der Waals surface area contributed by atoms with Crippen LogP contribution in [0, 0.1) is 0 Å². The third-order valence-corrected chi connectivity index (χ3v) is 10.2. The fraction of sp³-hybridized carbons (Fsp3) is 0.576. The van der Waals surface area contributed by atoms with E-state index in [1.165, 1.54) is 25.7 Å². The normalized spacial score (nSPS) is 13.2. The van der Waals surface area contributed by atoms with Crippen molar-refractivity contribution in [3.63, 3.8) is 0 Å². The highest BCUT2D eigenvalue weighted by Crippen LogP contribution is 2.11. The van der Waals surface area contributed by atoms with E-state index in [2.05, 4.69) is 154 Å². The maximum Gasteiger partial charge on any atom is 0.306 e. The standard InChI is InChI=1S/C59H92O6/c1-4-7-10-13-16-18-20-22-24-25-26-27-28-29-30-31-32-33-35-36-38-40-43-46-49-52-58(61)64-55-56(54-63-57(60)51-48-45-42-15-12-9-6-3)65-59(62)53-50-47-44-41-39-37-34-23-21-19-17-14-11-8-5-2/h7-8,10-11,16-19,22-24,26-27,29-30,32-34,36,38-39,41,56H,4-6,9,12-15,20-21,25,28,31,35,37,40,42-55H2,1-3H3/b10-7-,11-8-,18-16-,19-17-,24-22-,27-26-,30-29-,33-32-,34-23-,38-36-,41-39-. The minimum absolute atomic E-state index is 0.110. The maximum atomic E-state index is 12.7. The lowest BCUT2D eigenvalue weighted by atomic mass is 10.1. The van der Waals surface area contributed by atoms with Gasteiger partial charge in [0.05, 0.1) is 0 Å². The summed E-state index contributed by atoms with van der Waals surface area (Å²) in [6.45, 7) is 6.27. The van der Waals surface area contributed by atoms with Crippen molar-refractivity contribution in [2.45, 2.75) is 207 Å². The van der Waals surface area contributed by atoms with Gasteiger partial charge in [0.1, 0.15) is 13.2 Å². The quantitative estimate of drug-likeness (QED) is 0.0262. The van der Waals surface area contributed by atoms with E-state index in [1.807, 2.05) is 0 Å². The Kier molecular flexibility index (Phi) is 48.6. The minimum Gasteiger partial charge on any atom is -0.462 e. The van der Waals surface area contributed by atoms with Gasteiger partial charge in [0.25, 0.3) is 0 Å². The van der Waals surface area contributed by atoms with Gasteiger partial charge in [-0.2, -0.15) is 0 Å². The number of carbonyl (C=O) groups is 3. The van der Waals surface area contributed by atoms with Crippen LogP contribution < -0.4 is 0 Å². The van der Waals surface area contributed by atoms with Crippen molar-refractivity contribution in [2.24, 2.45) is 0 Å². The Morgan fingerprint density at radius 2 is 0.600 bits per heavy atom. The molecule has 0 N–H and O–H groups in total. The molecule has 6 nitrogen and oxygen atoms in total. The van der Waals surface area contributed by atoms with Gasteiger partial charge in [0.15, 0.2) is 6.10 Å². The number of hydrogen-bond donors (Lipinski definition) is 0. The van der Waals surface area contributed by atoms with Crippen LogP contribution in [0.4, 0.5) is 0 Å². The first-order valence-corrected chi connectivity index (χ1v) is 25.7. The van der Waals surface area contributed by atoms with Crippen molar-refractivity contribution in [2.75, 3.05) is 13.2 Å². The fourth-order valence-corrected chi connectivity index (χ4v) is 6.35. The predicted molar refractivity (Wildman–Crippen MR) is 279 cm³/mol. The summed E-state index contributed by atoms with van der Waals surface area (Å²) in [5.74, 6) is -1.00. The van der Waals surface area contributed by atoms with Crippen LogP contribution in [0.3, 0.4) is 0 Å². The van der Waals surface area contributed by atoms with Crippen LogP contribution in [0.1, 0.15) is 201 Å². The largest absolute Gasteiger partial charge is 0.462 e. The van der Waals surface area contributed by atoms with Gasteiger partial charge in [-0.15, -0.1) is 0 Å².